The molecule has 0 spiro atoms. The van der Waals surface area contributed by atoms with Crippen molar-refractivity contribution < 1.29 is 52.5 Å². The molecule has 0 fully saturated rings. The molecule has 4 heteroatoms. The lowest BCUT2D eigenvalue weighted by molar-refractivity contribution is -0.661. The fourth-order valence-corrected chi connectivity index (χ4v) is 13.2. The van der Waals surface area contributed by atoms with Gasteiger partial charge in [-0.15, -0.1) is 0 Å². The van der Waals surface area contributed by atoms with Crippen molar-refractivity contribution in [3.8, 4) is 67.3 Å². The maximum atomic E-state index is 9.14. The van der Waals surface area contributed by atoms with Gasteiger partial charge in [-0.2, -0.15) is 0 Å². The molecule has 0 unspecified atom stereocenters. The summed E-state index contributed by atoms with van der Waals surface area (Å²) in [7, 11) is 7.42. The van der Waals surface area contributed by atoms with Gasteiger partial charge in [-0.1, -0.05) is 269 Å². The molecule has 4 aromatic heterocycles. The molecule has 0 atom stereocenters. The van der Waals surface area contributed by atoms with E-state index in [1.54, 1.807) is 71.7 Å². The molecule has 0 saturated heterocycles. The number of aryl methyl sites for hydroxylation is 11. The van der Waals surface area contributed by atoms with Crippen molar-refractivity contribution >= 4 is 0 Å². The van der Waals surface area contributed by atoms with E-state index in [-0.39, 0.29) is 11.1 Å². The van der Waals surface area contributed by atoms with Crippen LogP contribution in [0.15, 0.2) is 176 Å². The normalized spacial score (nSPS) is 17.1. The molecule has 6 aromatic carbocycles. The molecule has 4 heterocycles. The third-order valence-corrected chi connectivity index (χ3v) is 17.5. The fraction of sp³-hybridized carbons (Fsp3) is 0.477. The SMILES string of the molecule is [2H]C([2H])([2H])c1cc(C)c(-c2cc(C([2H])([2H])C(C)(C)C)c(C([2H])([2H])C(C)(C)C)c[n+]2C)cc1-c1ccccc1.[2H]C([2H])([2H])c1cc(C)c(-c2cc(C([2H])([2H])C(C)(C)C)cc[n+]2C)cc1-c1ccccc1.[2H]C([2H])([2H])c1ccc(-c2cc(C([2H])([2H])C(C)(C)C)c(C([2H])([2H])C(C)(C)C)c[n+]2C)c(C)c1.[2H]C([2H])(c1ccc(-c2cc(C([2H])([2H])C(C)(C)C)c(C([2H])([2H])C(C)(C)C)c[n+]2C)c(C)c1)C(C)(C)C. The minimum absolute atomic E-state index is 0.257. The highest BCUT2D eigenvalue weighted by molar-refractivity contribution is 5.77. The molecule has 0 aliphatic rings. The second-order valence-electron chi connectivity index (χ2n) is 38.4. The van der Waals surface area contributed by atoms with Crippen LogP contribution in [0.3, 0.4) is 0 Å². The number of benzene rings is 6. The van der Waals surface area contributed by atoms with Crippen LogP contribution in [0.5, 0.6) is 0 Å². The van der Waals surface area contributed by atoms with Gasteiger partial charge in [0.2, 0.25) is 22.8 Å². The van der Waals surface area contributed by atoms with Crippen LogP contribution in [0, 0.1) is 91.6 Å². The first-order valence-corrected chi connectivity index (χ1v) is 39.1. The van der Waals surface area contributed by atoms with E-state index in [2.05, 4.69) is 0 Å². The Bertz CT molecular complexity index is 5980. The van der Waals surface area contributed by atoms with Gasteiger partial charge < -0.3 is 0 Å². The van der Waals surface area contributed by atoms with E-state index in [1.807, 2.05) is 345 Å². The number of pyridine rings is 4. The maximum absolute atomic E-state index is 9.14. The van der Waals surface area contributed by atoms with Gasteiger partial charge in [0.25, 0.3) is 0 Å². The molecule has 0 saturated carbocycles. The van der Waals surface area contributed by atoms with Crippen LogP contribution in [0.2, 0.25) is 0 Å². The summed E-state index contributed by atoms with van der Waals surface area (Å²) in [6, 6.07) is 45.7. The van der Waals surface area contributed by atoms with Gasteiger partial charge in [0.15, 0.2) is 24.8 Å². The highest BCUT2D eigenvalue weighted by Crippen LogP contribution is 2.39. The summed E-state index contributed by atoms with van der Waals surface area (Å²) < 4.78 is 222. The highest BCUT2D eigenvalue weighted by atomic mass is 14.9. The molecule has 0 radical (unpaired) electrons. The number of hydrogen-bond donors (Lipinski definition) is 0. The Morgan fingerprint density at radius 1 is 0.252 bits per heavy atom. The topological polar surface area (TPSA) is 15.5 Å². The minimum atomic E-state index is -2.31. The van der Waals surface area contributed by atoms with Crippen LogP contribution >= 0.6 is 0 Å². The van der Waals surface area contributed by atoms with Crippen LogP contribution < -0.4 is 18.3 Å². The molecule has 10 aromatic rings. The van der Waals surface area contributed by atoms with Gasteiger partial charge >= 0.3 is 0 Å². The van der Waals surface area contributed by atoms with Gasteiger partial charge in [-0.25, -0.2) is 18.3 Å². The number of rotatable bonds is 14. The Labute approximate surface area is 713 Å². The molecule has 0 N–H and O–H groups in total. The molecule has 0 bridgehead atoms. The summed E-state index contributed by atoms with van der Waals surface area (Å²) in [5.41, 5.74) is 10.8. The first-order chi connectivity index (χ1) is 60.8. The van der Waals surface area contributed by atoms with Crippen molar-refractivity contribution in [1.82, 2.24) is 0 Å². The van der Waals surface area contributed by atoms with E-state index in [9.17, 15) is 0 Å². The zero-order chi connectivity index (χ0) is 105. The zero-order valence-corrected chi connectivity index (χ0v) is 73.5. The Hall–Kier alpha value is -8.08. The van der Waals surface area contributed by atoms with Crippen LogP contribution in [0.1, 0.15) is 284 Å². The van der Waals surface area contributed by atoms with E-state index in [4.69, 9.17) is 34.3 Å². The second-order valence-corrected chi connectivity index (χ2v) is 38.4. The first kappa shape index (κ1) is 59.6. The Balaban J connectivity index is 0.000000248. The molecule has 4 nitrogen and oxygen atoms in total. The zero-order valence-electron chi connectivity index (χ0n) is 98.5. The van der Waals surface area contributed by atoms with Gasteiger partial charge in [0.05, 0.1) is 0 Å². The van der Waals surface area contributed by atoms with Crippen molar-refractivity contribution in [3.63, 3.8) is 0 Å². The summed E-state index contributed by atoms with van der Waals surface area (Å²) in [4.78, 5) is 0. The van der Waals surface area contributed by atoms with Crippen molar-refractivity contribution in [2.75, 3.05) is 0 Å². The molecule has 0 aliphatic carbocycles. The lowest BCUT2D eigenvalue weighted by Gasteiger charge is -2.24. The Morgan fingerprint density at radius 2 is 0.550 bits per heavy atom. The monoisotopic (exact) mass is 1520 g/mol. The van der Waals surface area contributed by atoms with Gasteiger partial charge in [0, 0.05) is 104 Å². The third-order valence-electron chi connectivity index (χ3n) is 17.5. The average molecular weight is 1520 g/mol. The van der Waals surface area contributed by atoms with E-state index < -0.39 is 115 Å². The summed E-state index contributed by atoms with van der Waals surface area (Å²) in [6.45, 7) is 45.0. The van der Waals surface area contributed by atoms with E-state index >= 15 is 0 Å². The highest BCUT2D eigenvalue weighted by Gasteiger charge is 2.30. The lowest BCUT2D eigenvalue weighted by atomic mass is 9.81. The third kappa shape index (κ3) is 27.9. The number of aromatic nitrogens is 4. The minimum Gasteiger partial charge on any atom is -0.201 e. The standard InChI is InChI=1S/C30H40N.C28H44N.C25H30N.C24H36N/c1-21-15-22(2)27(17-26(21)23-13-11-10-12-14-23)28-16-24(18-29(3,4)5)25(20-31(28)9)19-30(6,7)8;1-20-14-21(16-26(2,3)4)12-13-24(20)25-15-22(17-27(5,6)7)23(19-29(25)11)18-28(8,9)10;1-18-14-19(2)23(16-22(18)21-10-8-7-9-11-21)24-15-20(12-13-26(24)6)17-25(3,4)5;1-17-10-11-21(18(2)12-17)22-13-19(14-23(3,4)5)20(16-25(22)9)15-24(6,7)8/h10-17,20H,18-19H2,1-9H3;12-15,19H,16-18H2,1-11H3;7-16H,17H2,1-6H3;10-13,16H,14-15H2,1-9H3/q4*+1/i1D3,18D2,19D2;16D2,17D2,18D2;1D3,17D2;1D3,14D2,15D2. The van der Waals surface area contributed by atoms with Crippen LogP contribution in [0.4, 0.5) is 0 Å². The molecule has 594 valence electrons. The van der Waals surface area contributed by atoms with E-state index in [0.29, 0.717) is 72.6 Å². The lowest BCUT2D eigenvalue weighted by Crippen LogP contribution is -2.33. The summed E-state index contributed by atoms with van der Waals surface area (Å²) >= 11 is 0. The molecule has 0 aliphatic heterocycles. The van der Waals surface area contributed by atoms with Crippen molar-refractivity contribution in [2.24, 2.45) is 71.5 Å². The summed E-state index contributed by atoms with van der Waals surface area (Å²) in [6.07, 6.45) is -6.84. The number of hydrogen-bond acceptors (Lipinski definition) is 0. The van der Waals surface area contributed by atoms with E-state index in [1.165, 1.54) is 0 Å². The molecular weight excluding hydrogens is 1340 g/mol. The molecule has 111 heavy (non-hydrogen) atoms. The smallest absolute Gasteiger partial charge is 0.201 e. The van der Waals surface area contributed by atoms with Gasteiger partial charge in [0.1, 0.15) is 28.2 Å². The van der Waals surface area contributed by atoms with Crippen molar-refractivity contribution in [3.05, 3.63) is 260 Å². The Kier molecular flexibility index (Phi) is 19.3. The predicted molar refractivity (Wildman–Crippen MR) is 482 cm³/mol. The maximum Gasteiger partial charge on any atom is 0.212 e. The van der Waals surface area contributed by atoms with Gasteiger partial charge in [-0.3, -0.25) is 0 Å². The summed E-state index contributed by atoms with van der Waals surface area (Å²) in [5, 5.41) is 0. The van der Waals surface area contributed by atoms with Gasteiger partial charge in [-0.05, 0) is 250 Å². The van der Waals surface area contributed by atoms with E-state index in [0.717, 1.165) is 67.0 Å². The molecule has 0 amide bonds. The summed E-state index contributed by atoms with van der Waals surface area (Å²) in [5.74, 6) is 0. The second kappa shape index (κ2) is 36.0. The molecular formula is C107H150N4+4. The van der Waals surface area contributed by atoms with Crippen molar-refractivity contribution in [1.29, 1.82) is 0 Å². The van der Waals surface area contributed by atoms with Crippen LogP contribution in [0.25, 0.3) is 67.3 Å². The van der Waals surface area contributed by atoms with Crippen molar-refractivity contribution in [2.45, 2.75) is 265 Å². The van der Waals surface area contributed by atoms with Crippen LogP contribution in [-0.4, -0.2) is 0 Å². The fourth-order valence-electron chi connectivity index (χ4n) is 13.2. The van der Waals surface area contributed by atoms with Crippen LogP contribution in [-0.2, 0) is 79.2 Å². The quantitative estimate of drug-likeness (QED) is 0.0965. The first-order valence-electron chi connectivity index (χ1n) is 51.6. The Morgan fingerprint density at radius 3 is 0.865 bits per heavy atom. The molecule has 10 rings (SSSR count). The number of nitrogens with zero attached hydrogens (tertiary/aromatic N) is 4. The largest absolute Gasteiger partial charge is 0.212 e. The predicted octanol–water partition coefficient (Wildman–Crippen LogP) is 26.9. The average Bonchev–Trinajstić information content (AvgIpc) is 0.738.